The van der Waals surface area contributed by atoms with Gasteiger partial charge in [-0.25, -0.2) is 4.79 Å². The summed E-state index contributed by atoms with van der Waals surface area (Å²) in [5.74, 6) is -0.497. The highest BCUT2D eigenvalue weighted by atomic mass is 16.4. The fraction of sp³-hybridized carbons (Fsp3) is 0.133. The number of furan rings is 1. The van der Waals surface area contributed by atoms with Gasteiger partial charge in [-0.05, 0) is 36.1 Å². The van der Waals surface area contributed by atoms with E-state index < -0.39 is 5.97 Å². The first kappa shape index (κ1) is 11.6. The molecule has 0 saturated carbocycles. The highest BCUT2D eigenvalue weighted by Crippen LogP contribution is 2.20. The maximum atomic E-state index is 11.1. The van der Waals surface area contributed by atoms with Crippen LogP contribution in [0.25, 0.3) is 10.9 Å². The molecule has 0 aliphatic carbocycles. The number of fused-ring (bicyclic) bond motifs is 1. The second kappa shape index (κ2) is 4.31. The van der Waals surface area contributed by atoms with Crippen molar-refractivity contribution < 1.29 is 14.3 Å². The van der Waals surface area contributed by atoms with E-state index in [0.717, 1.165) is 10.9 Å². The second-order valence-electron chi connectivity index (χ2n) is 4.57. The summed E-state index contributed by atoms with van der Waals surface area (Å²) >= 11 is 0. The molecule has 0 bridgehead atoms. The number of nitrogens with zero attached hydrogens (tertiary/aromatic N) is 1. The molecule has 4 heteroatoms. The van der Waals surface area contributed by atoms with Gasteiger partial charge in [-0.15, -0.1) is 0 Å². The molecule has 0 radical (unpaired) electrons. The lowest BCUT2D eigenvalue weighted by molar-refractivity contribution is 0.0694. The molecule has 0 unspecified atom stereocenters. The average molecular weight is 255 g/mol. The summed E-state index contributed by atoms with van der Waals surface area (Å²) in [5, 5.41) is 10.2. The van der Waals surface area contributed by atoms with E-state index in [1.54, 1.807) is 0 Å². The number of aromatic nitrogens is 1. The van der Waals surface area contributed by atoms with Crippen molar-refractivity contribution in [3.63, 3.8) is 0 Å². The van der Waals surface area contributed by atoms with Gasteiger partial charge in [0.1, 0.15) is 11.3 Å². The standard InChI is InChI=1S/C15H13NO3/c1-10-2-3-11-4-6-16(13(11)8-10)9-14-12(15(17)18)5-7-19-14/h2-8H,9H2,1H3,(H,17,18). The number of carboxylic acids is 1. The smallest absolute Gasteiger partial charge is 0.339 e. The number of aromatic carboxylic acids is 1. The van der Waals surface area contributed by atoms with Crippen LogP contribution in [-0.2, 0) is 6.54 Å². The van der Waals surface area contributed by atoms with E-state index in [0.29, 0.717) is 12.3 Å². The minimum Gasteiger partial charge on any atom is -0.478 e. The van der Waals surface area contributed by atoms with Crippen molar-refractivity contribution in [1.82, 2.24) is 4.57 Å². The Balaban J connectivity index is 2.03. The van der Waals surface area contributed by atoms with Crippen LogP contribution in [0.5, 0.6) is 0 Å². The molecule has 4 nitrogen and oxygen atoms in total. The van der Waals surface area contributed by atoms with Crippen molar-refractivity contribution in [3.8, 4) is 0 Å². The molecule has 1 N–H and O–H groups in total. The summed E-state index contributed by atoms with van der Waals surface area (Å²) < 4.78 is 7.27. The first-order valence-corrected chi connectivity index (χ1v) is 6.00. The van der Waals surface area contributed by atoms with E-state index >= 15 is 0 Å². The van der Waals surface area contributed by atoms with Crippen LogP contribution < -0.4 is 0 Å². The molecule has 0 spiro atoms. The van der Waals surface area contributed by atoms with Crippen molar-refractivity contribution in [2.75, 3.05) is 0 Å². The van der Waals surface area contributed by atoms with Gasteiger partial charge in [-0.2, -0.15) is 0 Å². The highest BCUT2D eigenvalue weighted by molar-refractivity contribution is 5.88. The summed E-state index contributed by atoms with van der Waals surface area (Å²) in [6.07, 6.45) is 3.36. The van der Waals surface area contributed by atoms with Gasteiger partial charge in [0, 0.05) is 11.7 Å². The molecular formula is C15H13NO3. The fourth-order valence-electron chi connectivity index (χ4n) is 2.24. The van der Waals surface area contributed by atoms with Gasteiger partial charge >= 0.3 is 5.97 Å². The summed E-state index contributed by atoms with van der Waals surface area (Å²) in [5.41, 5.74) is 2.47. The largest absolute Gasteiger partial charge is 0.478 e. The van der Waals surface area contributed by atoms with Crippen LogP contribution in [0.1, 0.15) is 21.7 Å². The third kappa shape index (κ3) is 2.01. The van der Waals surface area contributed by atoms with Crippen LogP contribution in [-0.4, -0.2) is 15.6 Å². The Hall–Kier alpha value is -2.49. The zero-order chi connectivity index (χ0) is 13.4. The number of carbonyl (C=O) groups is 1. The highest BCUT2D eigenvalue weighted by Gasteiger charge is 2.14. The van der Waals surface area contributed by atoms with E-state index in [1.165, 1.54) is 17.9 Å². The van der Waals surface area contributed by atoms with Crippen LogP contribution in [0.3, 0.4) is 0 Å². The lowest BCUT2D eigenvalue weighted by Gasteiger charge is -2.05. The van der Waals surface area contributed by atoms with E-state index in [9.17, 15) is 4.79 Å². The van der Waals surface area contributed by atoms with Gasteiger partial charge in [-0.1, -0.05) is 12.1 Å². The van der Waals surface area contributed by atoms with Crippen molar-refractivity contribution >= 4 is 16.9 Å². The minimum absolute atomic E-state index is 0.217. The summed E-state index contributed by atoms with van der Waals surface area (Å²) in [6, 6.07) is 9.69. The topological polar surface area (TPSA) is 55.4 Å². The summed E-state index contributed by atoms with van der Waals surface area (Å²) in [7, 11) is 0. The number of rotatable bonds is 3. The number of aryl methyl sites for hydroxylation is 1. The Kier molecular flexibility index (Phi) is 2.63. The maximum absolute atomic E-state index is 11.1. The van der Waals surface area contributed by atoms with Crippen LogP contribution in [0, 0.1) is 6.92 Å². The molecule has 1 aromatic carbocycles. The molecule has 0 atom stereocenters. The van der Waals surface area contributed by atoms with Crippen LogP contribution in [0.15, 0.2) is 47.2 Å². The zero-order valence-electron chi connectivity index (χ0n) is 10.5. The number of benzene rings is 1. The van der Waals surface area contributed by atoms with Gasteiger partial charge < -0.3 is 14.1 Å². The van der Waals surface area contributed by atoms with Crippen molar-refractivity contribution in [1.29, 1.82) is 0 Å². The van der Waals surface area contributed by atoms with Crippen LogP contribution >= 0.6 is 0 Å². The lowest BCUT2D eigenvalue weighted by atomic mass is 10.2. The second-order valence-corrected chi connectivity index (χ2v) is 4.57. The Morgan fingerprint density at radius 3 is 2.95 bits per heavy atom. The Labute approximate surface area is 109 Å². The number of carboxylic acid groups (broad SMARTS) is 1. The molecule has 2 heterocycles. The predicted molar refractivity (Wildman–Crippen MR) is 71.4 cm³/mol. The van der Waals surface area contributed by atoms with E-state index in [1.807, 2.05) is 23.8 Å². The Morgan fingerprint density at radius 1 is 1.32 bits per heavy atom. The van der Waals surface area contributed by atoms with Gasteiger partial charge in [0.05, 0.1) is 12.8 Å². The molecule has 3 rings (SSSR count). The lowest BCUT2D eigenvalue weighted by Crippen LogP contribution is -2.03. The van der Waals surface area contributed by atoms with Crippen molar-refractivity contribution in [3.05, 3.63) is 59.7 Å². The molecule has 96 valence electrons. The summed E-state index contributed by atoms with van der Waals surface area (Å²) in [4.78, 5) is 11.1. The van der Waals surface area contributed by atoms with Gasteiger partial charge in [0.25, 0.3) is 0 Å². The number of hydrogen-bond acceptors (Lipinski definition) is 2. The third-order valence-corrected chi connectivity index (χ3v) is 3.22. The summed E-state index contributed by atoms with van der Waals surface area (Å²) in [6.45, 7) is 2.45. The first-order chi connectivity index (χ1) is 9.15. The Morgan fingerprint density at radius 2 is 2.16 bits per heavy atom. The normalized spacial score (nSPS) is 11.0. The molecule has 3 aromatic rings. The molecule has 0 aliphatic rings. The van der Waals surface area contributed by atoms with Gasteiger partial charge in [0.15, 0.2) is 0 Å². The van der Waals surface area contributed by atoms with Crippen molar-refractivity contribution in [2.24, 2.45) is 0 Å². The maximum Gasteiger partial charge on any atom is 0.339 e. The quantitative estimate of drug-likeness (QED) is 0.781. The molecule has 2 aromatic heterocycles. The van der Waals surface area contributed by atoms with Crippen molar-refractivity contribution in [2.45, 2.75) is 13.5 Å². The van der Waals surface area contributed by atoms with E-state index in [4.69, 9.17) is 9.52 Å². The average Bonchev–Trinajstić information content (AvgIpc) is 2.97. The Bertz CT molecular complexity index is 752. The molecule has 0 saturated heterocycles. The third-order valence-electron chi connectivity index (χ3n) is 3.22. The molecule has 0 aliphatic heterocycles. The SMILES string of the molecule is Cc1ccc2ccn(Cc3occc3C(=O)O)c2c1. The van der Waals surface area contributed by atoms with Gasteiger partial charge in [0.2, 0.25) is 0 Å². The van der Waals surface area contributed by atoms with Crippen LogP contribution in [0.4, 0.5) is 0 Å². The molecule has 0 amide bonds. The molecule has 0 fully saturated rings. The zero-order valence-corrected chi connectivity index (χ0v) is 10.5. The van der Waals surface area contributed by atoms with E-state index in [2.05, 4.69) is 18.2 Å². The first-order valence-electron chi connectivity index (χ1n) is 6.00. The number of hydrogen-bond donors (Lipinski definition) is 1. The monoisotopic (exact) mass is 255 g/mol. The minimum atomic E-state index is -0.962. The van der Waals surface area contributed by atoms with Gasteiger partial charge in [-0.3, -0.25) is 0 Å². The van der Waals surface area contributed by atoms with E-state index in [-0.39, 0.29) is 5.56 Å². The fourth-order valence-corrected chi connectivity index (χ4v) is 2.24. The molecular weight excluding hydrogens is 242 g/mol. The predicted octanol–water partition coefficient (Wildman–Crippen LogP) is 3.29. The van der Waals surface area contributed by atoms with Crippen LogP contribution in [0.2, 0.25) is 0 Å². The molecule has 19 heavy (non-hydrogen) atoms.